The molecule has 0 saturated carbocycles. The fraction of sp³-hybridized carbons (Fsp3) is 0.375. The van der Waals surface area contributed by atoms with Crippen LogP contribution in [0, 0.1) is 0 Å². The van der Waals surface area contributed by atoms with Gasteiger partial charge in [0.1, 0.15) is 5.75 Å². The Balaban J connectivity index is 1.52. The summed E-state index contributed by atoms with van der Waals surface area (Å²) in [4.78, 5) is 15.1. The molecule has 0 spiro atoms. The van der Waals surface area contributed by atoms with E-state index in [1.165, 1.54) is 22.9 Å². The van der Waals surface area contributed by atoms with E-state index in [1.54, 1.807) is 7.11 Å². The number of aromatic nitrogens is 3. The summed E-state index contributed by atoms with van der Waals surface area (Å²) >= 11 is 1.48. The number of hydrogen-bond donors (Lipinski definition) is 0. The highest BCUT2D eigenvalue weighted by atomic mass is 32.2. The Labute approximate surface area is 187 Å². The van der Waals surface area contributed by atoms with E-state index < -0.39 is 0 Å². The van der Waals surface area contributed by atoms with E-state index in [-0.39, 0.29) is 17.2 Å². The fourth-order valence-electron chi connectivity index (χ4n) is 3.91. The number of methoxy groups -OCH3 is 1. The van der Waals surface area contributed by atoms with E-state index in [2.05, 4.69) is 46.8 Å². The molecule has 7 heteroatoms. The molecule has 1 aliphatic rings. The van der Waals surface area contributed by atoms with Crippen LogP contribution in [0.1, 0.15) is 37.9 Å². The molecule has 0 radical (unpaired) electrons. The maximum Gasteiger partial charge on any atom is 0.236 e. The molecule has 0 saturated heterocycles. The van der Waals surface area contributed by atoms with Crippen LogP contribution in [0.2, 0.25) is 0 Å². The van der Waals surface area contributed by atoms with Crippen LogP contribution in [0.3, 0.4) is 0 Å². The van der Waals surface area contributed by atoms with Crippen LogP contribution in [-0.4, -0.2) is 44.5 Å². The van der Waals surface area contributed by atoms with Crippen molar-refractivity contribution in [1.82, 2.24) is 19.7 Å². The van der Waals surface area contributed by atoms with Crippen LogP contribution in [-0.2, 0) is 17.8 Å². The van der Waals surface area contributed by atoms with Gasteiger partial charge >= 0.3 is 0 Å². The zero-order chi connectivity index (χ0) is 22.0. The molecule has 0 unspecified atom stereocenters. The lowest BCUT2D eigenvalue weighted by atomic mass is 10.00. The minimum absolute atomic E-state index is 0.142. The molecule has 2 heterocycles. The standard InChI is InChI=1S/C24H28N4O2S/c1-16(2)28-22(19-9-11-21(30-4)12-10-19)25-26-24(28)31-17(3)23(29)27-14-13-18-7-5-6-8-20(18)15-27/h5-12,16-17H,13-15H2,1-4H3/t17-/m0/s1. The van der Waals surface area contributed by atoms with Crippen LogP contribution in [0.25, 0.3) is 11.4 Å². The number of ether oxygens (including phenoxy) is 1. The van der Waals surface area contributed by atoms with Crippen molar-refractivity contribution in [2.45, 2.75) is 50.2 Å². The van der Waals surface area contributed by atoms with E-state index in [9.17, 15) is 4.79 Å². The van der Waals surface area contributed by atoms with Gasteiger partial charge in [0.05, 0.1) is 12.4 Å². The van der Waals surface area contributed by atoms with Crippen LogP contribution < -0.4 is 4.74 Å². The zero-order valence-electron chi connectivity index (χ0n) is 18.4. The molecule has 0 N–H and O–H groups in total. The fourth-order valence-corrected chi connectivity index (χ4v) is 4.97. The monoisotopic (exact) mass is 436 g/mol. The number of amides is 1. The molecule has 31 heavy (non-hydrogen) atoms. The molecule has 1 amide bonds. The summed E-state index contributed by atoms with van der Waals surface area (Å²) in [6.45, 7) is 7.60. The number of fused-ring (bicyclic) bond motifs is 1. The van der Waals surface area contributed by atoms with Gasteiger partial charge in [-0.05, 0) is 62.6 Å². The normalized spacial score (nSPS) is 14.4. The van der Waals surface area contributed by atoms with Crippen molar-refractivity contribution in [3.63, 3.8) is 0 Å². The average Bonchev–Trinajstić information content (AvgIpc) is 3.22. The molecule has 0 fully saturated rings. The lowest BCUT2D eigenvalue weighted by Crippen LogP contribution is -2.40. The van der Waals surface area contributed by atoms with E-state index >= 15 is 0 Å². The van der Waals surface area contributed by atoms with E-state index in [4.69, 9.17) is 4.74 Å². The van der Waals surface area contributed by atoms with E-state index in [0.29, 0.717) is 6.54 Å². The second-order valence-electron chi connectivity index (χ2n) is 8.04. The molecule has 4 rings (SSSR count). The summed E-state index contributed by atoms with van der Waals surface area (Å²) < 4.78 is 7.36. The van der Waals surface area contributed by atoms with Crippen LogP contribution in [0.5, 0.6) is 5.75 Å². The van der Waals surface area contributed by atoms with Crippen LogP contribution >= 0.6 is 11.8 Å². The minimum Gasteiger partial charge on any atom is -0.497 e. The maximum absolute atomic E-state index is 13.2. The van der Waals surface area contributed by atoms with Gasteiger partial charge in [-0.3, -0.25) is 9.36 Å². The molecule has 0 bridgehead atoms. The topological polar surface area (TPSA) is 60.3 Å². The number of nitrogens with zero attached hydrogens (tertiary/aromatic N) is 4. The number of thioether (sulfide) groups is 1. The third kappa shape index (κ3) is 4.46. The van der Waals surface area contributed by atoms with Gasteiger partial charge < -0.3 is 9.64 Å². The Morgan fingerprint density at radius 1 is 1.03 bits per heavy atom. The Hall–Kier alpha value is -2.80. The molecule has 1 atom stereocenters. The third-order valence-corrected chi connectivity index (χ3v) is 6.65. The molecule has 162 valence electrons. The summed E-state index contributed by atoms with van der Waals surface area (Å²) in [5, 5.41) is 9.40. The Morgan fingerprint density at radius 2 is 1.74 bits per heavy atom. The predicted molar refractivity (Wildman–Crippen MR) is 123 cm³/mol. The molecule has 1 aliphatic heterocycles. The van der Waals surface area contributed by atoms with Crippen LogP contribution in [0.4, 0.5) is 0 Å². The van der Waals surface area contributed by atoms with Gasteiger partial charge in [0.2, 0.25) is 5.91 Å². The lowest BCUT2D eigenvalue weighted by molar-refractivity contribution is -0.131. The van der Waals surface area contributed by atoms with Crippen molar-refractivity contribution >= 4 is 17.7 Å². The largest absolute Gasteiger partial charge is 0.497 e. The minimum atomic E-state index is -0.240. The number of carbonyl (C=O) groups is 1. The highest BCUT2D eigenvalue weighted by Crippen LogP contribution is 2.32. The molecule has 2 aromatic carbocycles. The van der Waals surface area contributed by atoms with Gasteiger partial charge in [-0.2, -0.15) is 0 Å². The number of carbonyl (C=O) groups excluding carboxylic acids is 1. The van der Waals surface area contributed by atoms with Crippen LogP contribution in [0.15, 0.2) is 53.7 Å². The summed E-state index contributed by atoms with van der Waals surface area (Å²) in [7, 11) is 1.65. The molecular weight excluding hydrogens is 408 g/mol. The van der Waals surface area contributed by atoms with Crippen molar-refractivity contribution in [1.29, 1.82) is 0 Å². The first kappa shape index (κ1) is 21.4. The van der Waals surface area contributed by atoms with Gasteiger partial charge in [-0.15, -0.1) is 10.2 Å². The average molecular weight is 437 g/mol. The van der Waals surface area contributed by atoms with Gasteiger partial charge in [0.25, 0.3) is 0 Å². The summed E-state index contributed by atoms with van der Waals surface area (Å²) in [6, 6.07) is 16.3. The second-order valence-corrected chi connectivity index (χ2v) is 9.34. The molecule has 6 nitrogen and oxygen atoms in total. The number of rotatable bonds is 6. The molecule has 1 aromatic heterocycles. The molecule has 3 aromatic rings. The molecular formula is C24H28N4O2S. The molecule has 0 aliphatic carbocycles. The first-order chi connectivity index (χ1) is 15.0. The summed E-state index contributed by atoms with van der Waals surface area (Å²) in [5.74, 6) is 1.74. The first-order valence-electron chi connectivity index (χ1n) is 10.6. The van der Waals surface area contributed by atoms with Gasteiger partial charge in [-0.25, -0.2) is 0 Å². The summed E-state index contributed by atoms with van der Waals surface area (Å²) in [5.41, 5.74) is 3.56. The van der Waals surface area contributed by atoms with E-state index in [1.807, 2.05) is 42.2 Å². The van der Waals surface area contributed by atoms with Crippen molar-refractivity contribution in [2.24, 2.45) is 0 Å². The maximum atomic E-state index is 13.2. The first-order valence-corrected chi connectivity index (χ1v) is 11.5. The Morgan fingerprint density at radius 3 is 2.42 bits per heavy atom. The van der Waals surface area contributed by atoms with E-state index in [0.717, 1.165) is 35.3 Å². The third-order valence-electron chi connectivity index (χ3n) is 5.60. The smallest absolute Gasteiger partial charge is 0.236 e. The quantitative estimate of drug-likeness (QED) is 0.529. The van der Waals surface area contributed by atoms with Crippen molar-refractivity contribution in [3.05, 3.63) is 59.7 Å². The van der Waals surface area contributed by atoms with Gasteiger partial charge in [0.15, 0.2) is 11.0 Å². The lowest BCUT2D eigenvalue weighted by Gasteiger charge is -2.30. The Bertz CT molecular complexity index is 1060. The van der Waals surface area contributed by atoms with Gasteiger partial charge in [-0.1, -0.05) is 36.0 Å². The van der Waals surface area contributed by atoms with Crippen molar-refractivity contribution < 1.29 is 9.53 Å². The second kappa shape index (κ2) is 9.14. The van der Waals surface area contributed by atoms with Gasteiger partial charge in [0, 0.05) is 24.7 Å². The predicted octanol–water partition coefficient (Wildman–Crippen LogP) is 4.60. The number of benzene rings is 2. The SMILES string of the molecule is COc1ccc(-c2nnc(S[C@@H](C)C(=O)N3CCc4ccccc4C3)n2C(C)C)cc1. The highest BCUT2D eigenvalue weighted by Gasteiger charge is 2.27. The zero-order valence-corrected chi connectivity index (χ0v) is 19.2. The number of hydrogen-bond acceptors (Lipinski definition) is 5. The highest BCUT2D eigenvalue weighted by molar-refractivity contribution is 8.00. The van der Waals surface area contributed by atoms with Crippen molar-refractivity contribution in [2.75, 3.05) is 13.7 Å². The Kier molecular flexibility index (Phi) is 6.32. The summed E-state index contributed by atoms with van der Waals surface area (Å²) in [6.07, 6.45) is 0.906. The van der Waals surface area contributed by atoms with Crippen molar-refractivity contribution in [3.8, 4) is 17.1 Å².